The summed E-state index contributed by atoms with van der Waals surface area (Å²) in [6.45, 7) is 4.72. The first-order chi connectivity index (χ1) is 12.6. The minimum absolute atomic E-state index is 0. The van der Waals surface area contributed by atoms with Crippen molar-refractivity contribution in [1.82, 2.24) is 20.0 Å². The van der Waals surface area contributed by atoms with Gasteiger partial charge in [0, 0.05) is 44.4 Å². The molecule has 0 aliphatic carbocycles. The number of nitriles is 1. The van der Waals surface area contributed by atoms with Crippen LogP contribution in [0.1, 0.15) is 36.0 Å². The minimum Gasteiger partial charge on any atom is -0.357 e. The predicted octanol–water partition coefficient (Wildman–Crippen LogP) is 3.00. The number of hydrogen-bond donors (Lipinski definition) is 1. The van der Waals surface area contributed by atoms with Crippen LogP contribution in [0.25, 0.3) is 0 Å². The van der Waals surface area contributed by atoms with Gasteiger partial charge in [-0.15, -0.1) is 24.0 Å². The lowest BCUT2D eigenvalue weighted by Gasteiger charge is -2.21. The molecule has 2 heterocycles. The molecule has 1 unspecified atom stereocenters. The second-order valence-corrected chi connectivity index (χ2v) is 6.47. The molecule has 1 aromatic heterocycles. The molecule has 0 saturated carbocycles. The number of guanidine groups is 1. The van der Waals surface area contributed by atoms with Crippen LogP contribution in [0.4, 0.5) is 4.39 Å². The van der Waals surface area contributed by atoms with Gasteiger partial charge in [-0.05, 0) is 37.1 Å². The molecule has 27 heavy (non-hydrogen) atoms. The van der Waals surface area contributed by atoms with Crippen LogP contribution in [0.2, 0.25) is 0 Å². The molecule has 0 amide bonds. The first-order valence-electron chi connectivity index (χ1n) is 8.81. The highest BCUT2D eigenvalue weighted by molar-refractivity contribution is 14.0. The number of hydrogen-bond acceptors (Lipinski definition) is 3. The number of likely N-dealkylation sites (tertiary alicyclic amines) is 1. The number of aromatic nitrogens is 2. The summed E-state index contributed by atoms with van der Waals surface area (Å²) in [6, 6.07) is 6.40. The maximum atomic E-state index is 14.0. The molecule has 0 radical (unpaired) electrons. The van der Waals surface area contributed by atoms with Gasteiger partial charge >= 0.3 is 0 Å². The molecule has 144 valence electrons. The summed E-state index contributed by atoms with van der Waals surface area (Å²) >= 11 is 0. The van der Waals surface area contributed by atoms with Crippen molar-refractivity contribution in [3.05, 3.63) is 53.1 Å². The van der Waals surface area contributed by atoms with E-state index in [0.717, 1.165) is 32.0 Å². The average Bonchev–Trinajstić information content (AvgIpc) is 3.29. The number of aliphatic imine (C=N–C) groups is 1. The van der Waals surface area contributed by atoms with Crippen LogP contribution < -0.4 is 5.32 Å². The Balaban J connectivity index is 0.00000261. The SMILES string of the molecule is CCNC(=NCc1cc(C#N)ccc1F)N1CCC(c2cnn(C)c2)C1.I. The van der Waals surface area contributed by atoms with E-state index in [9.17, 15) is 4.39 Å². The normalized spacial score (nSPS) is 16.7. The summed E-state index contributed by atoms with van der Waals surface area (Å²) in [5, 5.41) is 16.5. The number of rotatable bonds is 4. The van der Waals surface area contributed by atoms with Gasteiger partial charge in [-0.1, -0.05) is 0 Å². The summed E-state index contributed by atoms with van der Waals surface area (Å²) in [7, 11) is 1.92. The summed E-state index contributed by atoms with van der Waals surface area (Å²) in [5.74, 6) is 0.866. The van der Waals surface area contributed by atoms with Gasteiger partial charge in [-0.2, -0.15) is 10.4 Å². The van der Waals surface area contributed by atoms with Gasteiger partial charge in [-0.3, -0.25) is 4.68 Å². The first-order valence-corrected chi connectivity index (χ1v) is 8.81. The number of nitrogens with zero attached hydrogens (tertiary/aromatic N) is 5. The highest BCUT2D eigenvalue weighted by atomic mass is 127. The number of aryl methyl sites for hydroxylation is 1. The summed E-state index contributed by atoms with van der Waals surface area (Å²) in [4.78, 5) is 6.80. The molecule has 1 N–H and O–H groups in total. The second kappa shape index (κ2) is 9.69. The van der Waals surface area contributed by atoms with Gasteiger partial charge in [0.05, 0.1) is 24.4 Å². The monoisotopic (exact) mass is 482 g/mol. The zero-order chi connectivity index (χ0) is 18.5. The van der Waals surface area contributed by atoms with Gasteiger partial charge in [0.2, 0.25) is 0 Å². The zero-order valence-corrected chi connectivity index (χ0v) is 17.9. The van der Waals surface area contributed by atoms with Gasteiger partial charge in [-0.25, -0.2) is 9.38 Å². The smallest absolute Gasteiger partial charge is 0.194 e. The molecule has 1 aliphatic rings. The molecule has 0 bridgehead atoms. The molecule has 2 aromatic rings. The Hall–Kier alpha value is -2.15. The molecular weight excluding hydrogens is 458 g/mol. The third kappa shape index (κ3) is 5.19. The number of nitrogens with one attached hydrogen (secondary N) is 1. The molecule has 1 aliphatic heterocycles. The summed E-state index contributed by atoms with van der Waals surface area (Å²) < 4.78 is 15.8. The molecule has 1 aromatic carbocycles. The van der Waals surface area contributed by atoms with Crippen LogP contribution in [-0.4, -0.2) is 40.3 Å². The van der Waals surface area contributed by atoms with Crippen molar-refractivity contribution < 1.29 is 4.39 Å². The van der Waals surface area contributed by atoms with E-state index in [-0.39, 0.29) is 36.3 Å². The van der Waals surface area contributed by atoms with Crippen LogP contribution in [0, 0.1) is 17.1 Å². The molecule has 0 spiro atoms. The Labute approximate surface area is 176 Å². The van der Waals surface area contributed by atoms with Gasteiger partial charge in [0.1, 0.15) is 5.82 Å². The van der Waals surface area contributed by atoms with Crippen molar-refractivity contribution in [2.24, 2.45) is 12.0 Å². The van der Waals surface area contributed by atoms with E-state index in [4.69, 9.17) is 5.26 Å². The Kier molecular flexibility index (Phi) is 7.59. The fourth-order valence-corrected chi connectivity index (χ4v) is 3.23. The van der Waals surface area contributed by atoms with E-state index in [1.807, 2.05) is 30.9 Å². The minimum atomic E-state index is -0.335. The van der Waals surface area contributed by atoms with E-state index in [1.165, 1.54) is 17.7 Å². The maximum Gasteiger partial charge on any atom is 0.194 e. The van der Waals surface area contributed by atoms with Crippen molar-refractivity contribution in [1.29, 1.82) is 5.26 Å². The third-order valence-corrected chi connectivity index (χ3v) is 4.59. The quantitative estimate of drug-likeness (QED) is 0.414. The summed E-state index contributed by atoms with van der Waals surface area (Å²) in [5.41, 5.74) is 2.11. The van der Waals surface area contributed by atoms with Crippen molar-refractivity contribution >= 4 is 29.9 Å². The predicted molar refractivity (Wildman–Crippen MR) is 113 cm³/mol. The van der Waals surface area contributed by atoms with Crippen LogP contribution in [0.3, 0.4) is 0 Å². The lowest BCUT2D eigenvalue weighted by Crippen LogP contribution is -2.40. The second-order valence-electron chi connectivity index (χ2n) is 6.47. The van der Waals surface area contributed by atoms with E-state index in [2.05, 4.69) is 26.5 Å². The number of benzene rings is 1. The van der Waals surface area contributed by atoms with Crippen LogP contribution in [-0.2, 0) is 13.6 Å². The molecular formula is C19H24FIN6. The fraction of sp³-hybridized carbons (Fsp3) is 0.421. The summed E-state index contributed by atoms with van der Waals surface area (Å²) in [6.07, 6.45) is 5.01. The average molecular weight is 482 g/mol. The van der Waals surface area contributed by atoms with E-state index >= 15 is 0 Å². The third-order valence-electron chi connectivity index (χ3n) is 4.59. The lowest BCUT2D eigenvalue weighted by atomic mass is 10.0. The van der Waals surface area contributed by atoms with E-state index in [0.29, 0.717) is 17.0 Å². The Morgan fingerprint density at radius 3 is 2.96 bits per heavy atom. The van der Waals surface area contributed by atoms with Gasteiger partial charge < -0.3 is 10.2 Å². The zero-order valence-electron chi connectivity index (χ0n) is 15.5. The molecule has 1 fully saturated rings. The van der Waals surface area contributed by atoms with Crippen molar-refractivity contribution in [3.63, 3.8) is 0 Å². The standard InChI is InChI=1S/C19H23FN6.HI/c1-3-22-19(23-10-16-8-14(9-21)4-5-18(16)20)26-7-6-15(13-26)17-11-24-25(2)12-17;/h4-5,8,11-12,15H,3,6-7,10,13H2,1-2H3,(H,22,23);1H. The highest BCUT2D eigenvalue weighted by Crippen LogP contribution is 2.26. The molecule has 1 atom stereocenters. The van der Waals surface area contributed by atoms with Crippen LogP contribution in [0.15, 0.2) is 35.6 Å². The van der Waals surface area contributed by atoms with Crippen molar-refractivity contribution in [2.45, 2.75) is 25.8 Å². The highest BCUT2D eigenvalue weighted by Gasteiger charge is 2.26. The first kappa shape index (κ1) is 21.2. The van der Waals surface area contributed by atoms with Gasteiger partial charge in [0.25, 0.3) is 0 Å². The fourth-order valence-electron chi connectivity index (χ4n) is 3.23. The molecule has 8 heteroatoms. The molecule has 3 rings (SSSR count). The Bertz CT molecular complexity index is 841. The van der Waals surface area contributed by atoms with Crippen LogP contribution >= 0.6 is 24.0 Å². The largest absolute Gasteiger partial charge is 0.357 e. The lowest BCUT2D eigenvalue weighted by molar-refractivity contribution is 0.485. The molecule has 6 nitrogen and oxygen atoms in total. The topological polar surface area (TPSA) is 69.2 Å². The van der Waals surface area contributed by atoms with E-state index < -0.39 is 0 Å². The number of halogens is 2. The van der Waals surface area contributed by atoms with E-state index in [1.54, 1.807) is 6.07 Å². The van der Waals surface area contributed by atoms with Crippen LogP contribution in [0.5, 0.6) is 0 Å². The Morgan fingerprint density at radius 2 is 2.30 bits per heavy atom. The Morgan fingerprint density at radius 1 is 1.48 bits per heavy atom. The molecule has 1 saturated heterocycles. The maximum absolute atomic E-state index is 14.0. The van der Waals surface area contributed by atoms with Crippen molar-refractivity contribution in [3.8, 4) is 6.07 Å². The van der Waals surface area contributed by atoms with Crippen molar-refractivity contribution in [2.75, 3.05) is 19.6 Å². The van der Waals surface area contributed by atoms with Gasteiger partial charge in [0.15, 0.2) is 5.96 Å².